The van der Waals surface area contributed by atoms with E-state index in [1.54, 1.807) is 6.07 Å². The predicted octanol–water partition coefficient (Wildman–Crippen LogP) is 3.08. The Morgan fingerprint density at radius 2 is 2.20 bits per heavy atom. The minimum absolute atomic E-state index is 0.185. The molecule has 2 aromatic heterocycles. The predicted molar refractivity (Wildman–Crippen MR) is 50.7 cm³/mol. The van der Waals surface area contributed by atoms with Gasteiger partial charge in [0.05, 0.1) is 6.20 Å². The van der Waals surface area contributed by atoms with Gasteiger partial charge in [0.15, 0.2) is 0 Å². The molecule has 0 spiro atoms. The first-order valence-electron chi connectivity index (χ1n) is 4.19. The van der Waals surface area contributed by atoms with Crippen molar-refractivity contribution >= 4 is 11.3 Å². The molecule has 1 N–H and O–H groups in total. The minimum atomic E-state index is -4.36. The van der Waals surface area contributed by atoms with Crippen LogP contribution in [-0.2, 0) is 12.6 Å². The van der Waals surface area contributed by atoms with Crippen molar-refractivity contribution < 1.29 is 13.2 Å². The number of nitrogens with one attached hydrogen (secondary N) is 1. The molecular formula is C9H7F3N2S. The van der Waals surface area contributed by atoms with E-state index in [1.165, 1.54) is 17.5 Å². The van der Waals surface area contributed by atoms with Gasteiger partial charge in [-0.3, -0.25) is 5.10 Å². The molecule has 0 saturated carbocycles. The summed E-state index contributed by atoms with van der Waals surface area (Å²) in [4.78, 5) is 0.891. The molecule has 2 aromatic rings. The van der Waals surface area contributed by atoms with E-state index >= 15 is 0 Å². The SMILES string of the molecule is FC(F)(F)c1[nH]ncc1Cc1cccs1. The molecule has 0 aromatic carbocycles. The van der Waals surface area contributed by atoms with E-state index in [2.05, 4.69) is 5.10 Å². The van der Waals surface area contributed by atoms with Crippen molar-refractivity contribution in [2.45, 2.75) is 12.6 Å². The number of rotatable bonds is 2. The highest BCUT2D eigenvalue weighted by Gasteiger charge is 2.35. The third kappa shape index (κ3) is 2.20. The quantitative estimate of drug-likeness (QED) is 0.846. The van der Waals surface area contributed by atoms with Gasteiger partial charge in [-0.25, -0.2) is 0 Å². The fourth-order valence-electron chi connectivity index (χ4n) is 1.29. The molecule has 6 heteroatoms. The van der Waals surface area contributed by atoms with E-state index in [-0.39, 0.29) is 12.0 Å². The van der Waals surface area contributed by atoms with Crippen LogP contribution < -0.4 is 0 Å². The Morgan fingerprint density at radius 3 is 2.80 bits per heavy atom. The van der Waals surface area contributed by atoms with Crippen LogP contribution in [0.25, 0.3) is 0 Å². The molecule has 15 heavy (non-hydrogen) atoms. The molecule has 0 fully saturated rings. The number of thiophene rings is 1. The van der Waals surface area contributed by atoms with Gasteiger partial charge >= 0.3 is 6.18 Å². The van der Waals surface area contributed by atoms with Gasteiger partial charge in [0.2, 0.25) is 0 Å². The molecule has 80 valence electrons. The van der Waals surface area contributed by atoms with E-state index in [4.69, 9.17) is 0 Å². The average molecular weight is 232 g/mol. The second kappa shape index (κ2) is 3.69. The summed E-state index contributed by atoms with van der Waals surface area (Å²) in [5.74, 6) is 0. The zero-order valence-electron chi connectivity index (χ0n) is 7.51. The molecule has 0 bridgehead atoms. The molecule has 0 amide bonds. The summed E-state index contributed by atoms with van der Waals surface area (Å²) in [6.07, 6.45) is -2.87. The van der Waals surface area contributed by atoms with Gasteiger partial charge in [0.1, 0.15) is 5.69 Å². The highest BCUT2D eigenvalue weighted by atomic mass is 32.1. The summed E-state index contributed by atoms with van der Waals surface area (Å²) in [5, 5.41) is 7.25. The maximum atomic E-state index is 12.4. The first-order chi connectivity index (χ1) is 7.07. The van der Waals surface area contributed by atoms with Crippen LogP contribution in [0.2, 0.25) is 0 Å². The Labute approximate surface area is 87.8 Å². The van der Waals surface area contributed by atoms with Crippen LogP contribution in [0.15, 0.2) is 23.7 Å². The first-order valence-corrected chi connectivity index (χ1v) is 5.07. The van der Waals surface area contributed by atoms with Crippen molar-refractivity contribution in [2.75, 3.05) is 0 Å². The molecule has 0 saturated heterocycles. The number of hydrogen-bond acceptors (Lipinski definition) is 2. The van der Waals surface area contributed by atoms with E-state index in [0.29, 0.717) is 0 Å². The number of halogens is 3. The Kier molecular flexibility index (Phi) is 2.52. The Balaban J connectivity index is 2.26. The van der Waals surface area contributed by atoms with Crippen LogP contribution in [0, 0.1) is 0 Å². The van der Waals surface area contributed by atoms with Crippen molar-refractivity contribution in [3.8, 4) is 0 Å². The second-order valence-electron chi connectivity index (χ2n) is 3.02. The number of H-pyrrole nitrogens is 1. The number of nitrogens with zero attached hydrogens (tertiary/aromatic N) is 1. The van der Waals surface area contributed by atoms with E-state index < -0.39 is 11.9 Å². The lowest BCUT2D eigenvalue weighted by Crippen LogP contribution is -2.08. The van der Waals surface area contributed by atoms with E-state index in [0.717, 1.165) is 4.88 Å². The van der Waals surface area contributed by atoms with Crippen molar-refractivity contribution in [3.05, 3.63) is 39.8 Å². The van der Waals surface area contributed by atoms with Crippen LogP contribution in [0.3, 0.4) is 0 Å². The zero-order valence-corrected chi connectivity index (χ0v) is 8.32. The molecule has 0 aliphatic rings. The number of alkyl halides is 3. The molecule has 0 aliphatic carbocycles. The van der Waals surface area contributed by atoms with E-state index in [1.807, 2.05) is 16.5 Å². The maximum absolute atomic E-state index is 12.4. The highest BCUT2D eigenvalue weighted by molar-refractivity contribution is 7.09. The van der Waals surface area contributed by atoms with Crippen LogP contribution in [0.5, 0.6) is 0 Å². The molecule has 2 rings (SSSR count). The molecule has 0 aliphatic heterocycles. The average Bonchev–Trinajstić information content (AvgIpc) is 2.73. The molecular weight excluding hydrogens is 225 g/mol. The van der Waals surface area contributed by atoms with Crippen LogP contribution in [0.1, 0.15) is 16.1 Å². The van der Waals surface area contributed by atoms with Gasteiger partial charge < -0.3 is 0 Å². The van der Waals surface area contributed by atoms with Crippen molar-refractivity contribution in [2.24, 2.45) is 0 Å². The summed E-state index contributed by atoms with van der Waals surface area (Å²) in [7, 11) is 0. The van der Waals surface area contributed by atoms with Crippen LogP contribution in [0.4, 0.5) is 13.2 Å². The van der Waals surface area contributed by atoms with Gasteiger partial charge in [-0.2, -0.15) is 18.3 Å². The highest BCUT2D eigenvalue weighted by Crippen LogP contribution is 2.31. The van der Waals surface area contributed by atoms with Crippen molar-refractivity contribution in [1.29, 1.82) is 0 Å². The van der Waals surface area contributed by atoms with Crippen LogP contribution in [-0.4, -0.2) is 10.2 Å². The van der Waals surface area contributed by atoms with Crippen molar-refractivity contribution in [1.82, 2.24) is 10.2 Å². The van der Waals surface area contributed by atoms with Gasteiger partial charge in [0.25, 0.3) is 0 Å². The topological polar surface area (TPSA) is 28.7 Å². The third-order valence-corrected chi connectivity index (χ3v) is 2.82. The lowest BCUT2D eigenvalue weighted by Gasteiger charge is -2.05. The maximum Gasteiger partial charge on any atom is 0.433 e. The second-order valence-corrected chi connectivity index (χ2v) is 4.06. The Morgan fingerprint density at radius 1 is 1.40 bits per heavy atom. The zero-order chi connectivity index (χ0) is 10.9. The first kappa shape index (κ1) is 10.2. The lowest BCUT2D eigenvalue weighted by molar-refractivity contribution is -0.141. The Hall–Kier alpha value is -1.30. The summed E-state index contributed by atoms with van der Waals surface area (Å²) in [6, 6.07) is 3.62. The fourth-order valence-corrected chi connectivity index (χ4v) is 2.02. The van der Waals surface area contributed by atoms with Gasteiger partial charge in [-0.1, -0.05) is 6.07 Å². The molecule has 0 radical (unpaired) electrons. The largest absolute Gasteiger partial charge is 0.433 e. The van der Waals surface area contributed by atoms with Gasteiger partial charge in [-0.05, 0) is 11.4 Å². The summed E-state index contributed by atoms with van der Waals surface area (Å²) in [5.41, 5.74) is -0.569. The van der Waals surface area contributed by atoms with E-state index in [9.17, 15) is 13.2 Å². The van der Waals surface area contributed by atoms with Gasteiger partial charge in [0, 0.05) is 16.9 Å². The third-order valence-electron chi connectivity index (χ3n) is 1.95. The lowest BCUT2D eigenvalue weighted by atomic mass is 10.1. The molecule has 2 heterocycles. The minimum Gasteiger partial charge on any atom is -0.273 e. The monoisotopic (exact) mass is 232 g/mol. The summed E-state index contributed by atoms with van der Waals surface area (Å²) >= 11 is 1.43. The standard InChI is InChI=1S/C9H7F3N2S/c10-9(11,12)8-6(5-13-14-8)4-7-2-1-3-15-7/h1-3,5H,4H2,(H,13,14). The molecule has 0 atom stereocenters. The number of aromatic nitrogens is 2. The molecule has 2 nitrogen and oxygen atoms in total. The number of aromatic amines is 1. The summed E-state index contributed by atoms with van der Waals surface area (Å²) in [6.45, 7) is 0. The van der Waals surface area contributed by atoms with Gasteiger partial charge in [-0.15, -0.1) is 11.3 Å². The summed E-state index contributed by atoms with van der Waals surface area (Å²) < 4.78 is 37.3. The normalized spacial score (nSPS) is 11.9. The van der Waals surface area contributed by atoms with Crippen molar-refractivity contribution in [3.63, 3.8) is 0 Å². The number of hydrogen-bond donors (Lipinski definition) is 1. The fraction of sp³-hybridized carbons (Fsp3) is 0.222. The smallest absolute Gasteiger partial charge is 0.273 e. The Bertz CT molecular complexity index is 430. The van der Waals surface area contributed by atoms with Crippen LogP contribution >= 0.6 is 11.3 Å². The molecule has 0 unspecified atom stereocenters.